The molecule has 0 bridgehead atoms. The molecule has 0 saturated carbocycles. The van der Waals surface area contributed by atoms with Crippen LogP contribution in [0.2, 0.25) is 0 Å². The molecule has 0 radical (unpaired) electrons. The normalized spacial score (nSPS) is 11.8. The van der Waals surface area contributed by atoms with Crippen molar-refractivity contribution in [1.29, 1.82) is 0 Å². The fraction of sp³-hybridized carbons (Fsp3) is 0.952. The van der Waals surface area contributed by atoms with E-state index in [0.717, 1.165) is 12.8 Å². The van der Waals surface area contributed by atoms with Crippen LogP contribution in [0.5, 0.6) is 0 Å². The van der Waals surface area contributed by atoms with Crippen LogP contribution in [-0.2, 0) is 18.2 Å². The monoisotopic (exact) mass is 487 g/mol. The Morgan fingerprint density at radius 3 is 1.26 bits per heavy atom. The van der Waals surface area contributed by atoms with E-state index in [1.807, 2.05) is 27.7 Å². The van der Waals surface area contributed by atoms with Crippen molar-refractivity contribution in [2.45, 2.75) is 132 Å². The van der Waals surface area contributed by atoms with Crippen molar-refractivity contribution in [2.24, 2.45) is 6.99 Å². The van der Waals surface area contributed by atoms with Gasteiger partial charge in [-0.1, -0.05) is 27.7 Å². The first-order chi connectivity index (χ1) is 12.1. The Bertz CT molecular complexity index is 368. The molecule has 0 spiro atoms. The molecule has 6 heteroatoms. The van der Waals surface area contributed by atoms with Gasteiger partial charge in [0.2, 0.25) is 0 Å². The summed E-state index contributed by atoms with van der Waals surface area (Å²) in [7, 11) is 0. The van der Waals surface area contributed by atoms with Crippen molar-refractivity contribution in [1.82, 2.24) is 0 Å². The third kappa shape index (κ3) is 31.4. The molecular weight excluding hydrogens is 440 g/mol. The minimum atomic E-state index is -0.492. The number of halogens is 1. The second-order valence-corrected chi connectivity index (χ2v) is 10.6. The fourth-order valence-electron chi connectivity index (χ4n) is 0.901. The van der Waals surface area contributed by atoms with Gasteiger partial charge >= 0.3 is 90.7 Å². The number of alkyl halides is 1. The van der Waals surface area contributed by atoms with E-state index in [1.165, 1.54) is 5.92 Å². The van der Waals surface area contributed by atoms with Crippen molar-refractivity contribution in [2.75, 3.05) is 0 Å². The Hall–Kier alpha value is 0.498. The molecule has 4 nitrogen and oxygen atoms in total. The van der Waals surface area contributed by atoms with Crippen molar-refractivity contribution in [3.63, 3.8) is 0 Å². The van der Waals surface area contributed by atoms with Gasteiger partial charge in [0.15, 0.2) is 0 Å². The zero-order valence-corrected chi connectivity index (χ0v) is 23.0. The van der Waals surface area contributed by atoms with Crippen molar-refractivity contribution >= 4 is 11.6 Å². The molecule has 0 atom stereocenters. The van der Waals surface area contributed by atoms with Crippen LogP contribution in [0.1, 0.15) is 103 Å². The number of hydrogen-bond donors (Lipinski definition) is 0. The summed E-state index contributed by atoms with van der Waals surface area (Å²) in [6.07, 6.45) is 2.22. The van der Waals surface area contributed by atoms with E-state index in [2.05, 4.69) is 79.9 Å². The van der Waals surface area contributed by atoms with Crippen LogP contribution < -0.4 is 0 Å². The first-order valence-corrected chi connectivity index (χ1v) is 12.2. The molecule has 0 fully saturated rings. The summed E-state index contributed by atoms with van der Waals surface area (Å²) in [5, 5.41) is 8.23. The molecule has 0 saturated heterocycles. The summed E-state index contributed by atoms with van der Waals surface area (Å²) in [6.45, 7) is 27.3. The molecule has 0 aliphatic heterocycles. The Balaban J connectivity index is -0.000000364. The number of rotatable bonds is 8. The third-order valence-corrected chi connectivity index (χ3v) is 6.21. The Kier molecular flexibility index (Phi) is 20.7. The number of hydrogen-bond acceptors (Lipinski definition) is 2. The van der Waals surface area contributed by atoms with E-state index >= 15 is 0 Å². The van der Waals surface area contributed by atoms with Gasteiger partial charge < -0.3 is 16.6 Å². The molecule has 0 rings (SSSR count). The van der Waals surface area contributed by atoms with Crippen LogP contribution in [0.4, 0.5) is 0 Å². The molecule has 0 aliphatic carbocycles. The van der Waals surface area contributed by atoms with Crippen LogP contribution in [0, 0.1) is 5.92 Å². The van der Waals surface area contributed by atoms with E-state index in [-0.39, 0.29) is 28.8 Å². The maximum Gasteiger partial charge on any atom is -0.189 e. The van der Waals surface area contributed by atoms with Gasteiger partial charge in [-0.3, -0.25) is 0 Å². The second-order valence-electron chi connectivity index (χ2n) is 8.89. The topological polar surface area (TPSA) is 52.9 Å². The van der Waals surface area contributed by atoms with Crippen LogP contribution >= 0.6 is 11.6 Å². The predicted molar refractivity (Wildman–Crippen MR) is 120 cm³/mol. The molecule has 166 valence electrons. The maximum atomic E-state index is 5.74. The molecule has 0 aromatic carbocycles. The minimum absolute atomic E-state index is 0.148. The van der Waals surface area contributed by atoms with Crippen LogP contribution in [0.3, 0.4) is 0 Å². The first-order valence-electron chi connectivity index (χ1n) is 9.99. The Labute approximate surface area is 184 Å². The van der Waals surface area contributed by atoms with Gasteiger partial charge in [-0.25, -0.2) is 0 Å². The summed E-state index contributed by atoms with van der Waals surface area (Å²) in [4.78, 5) is 0. The van der Waals surface area contributed by atoms with Crippen LogP contribution in [-0.4, -0.2) is 28.8 Å². The smallest absolute Gasteiger partial charge is 0.189 e. The van der Waals surface area contributed by atoms with Gasteiger partial charge in [-0.05, 0) is 0 Å². The van der Waals surface area contributed by atoms with Gasteiger partial charge in [0.1, 0.15) is 0 Å². The molecule has 0 heterocycles. The first kappa shape index (κ1) is 32.2. The molecule has 0 unspecified atom stereocenters. The van der Waals surface area contributed by atoms with E-state index < -0.39 is 18.2 Å². The third-order valence-electron chi connectivity index (χ3n) is 3.15. The average Bonchev–Trinajstić information content (AvgIpc) is 2.45. The Morgan fingerprint density at radius 2 is 1.07 bits per heavy atom. The van der Waals surface area contributed by atoms with Gasteiger partial charge in [0, 0.05) is 0 Å². The predicted octanol–water partition coefficient (Wildman–Crippen LogP) is 8.51. The van der Waals surface area contributed by atoms with Crippen molar-refractivity contribution in [3.05, 3.63) is 16.6 Å². The molecule has 0 amide bonds. The SMILES string of the molecule is CC(C)[N-]C(Cl)[N-]C(C)C.CCC(C)(C)[N]=[Mo]=[N]C(C)(C)CC.C[C-](C)C. The zero-order chi connectivity index (χ0) is 22.3. The molecule has 27 heavy (non-hydrogen) atoms. The van der Waals surface area contributed by atoms with Gasteiger partial charge in [-0.2, -0.15) is 38.0 Å². The molecule has 0 aromatic rings. The second kappa shape index (κ2) is 17.4. The van der Waals surface area contributed by atoms with Gasteiger partial charge in [0.25, 0.3) is 0 Å². The summed E-state index contributed by atoms with van der Waals surface area (Å²) in [5.41, 5.74) is -0.0644. The van der Waals surface area contributed by atoms with Crippen molar-refractivity contribution < 1.29 is 18.2 Å². The quantitative estimate of drug-likeness (QED) is 0.143. The van der Waals surface area contributed by atoms with Crippen LogP contribution in [0.25, 0.3) is 10.6 Å². The standard InChI is InChI=1S/C7H15ClN2.2C5H11N.C4H9.Mo/c1-5(2)9-7(8)10-6(3)4;2*1-4-5(2,3)6;1-4(2)3;/h5-7H,1-4H3;2*4H2,1-3H3;1-3H3;/q-2;;;-1;. The number of nitrogens with zero attached hydrogens (tertiary/aromatic N) is 4. The molecular formula is C21H46ClMoN4-3. The maximum absolute atomic E-state index is 5.74. The van der Waals surface area contributed by atoms with E-state index in [4.69, 9.17) is 11.6 Å². The molecule has 0 N–H and O–H groups in total. The van der Waals surface area contributed by atoms with E-state index in [1.54, 1.807) is 0 Å². The summed E-state index contributed by atoms with van der Waals surface area (Å²) < 4.78 is 9.34. The zero-order valence-electron chi connectivity index (χ0n) is 20.2. The van der Waals surface area contributed by atoms with Crippen molar-refractivity contribution in [3.8, 4) is 0 Å². The summed E-state index contributed by atoms with van der Waals surface area (Å²) >= 11 is 5.25. The largest absolute Gasteiger partial charge is 0.323 e. The minimum Gasteiger partial charge on any atom is -0.323 e. The van der Waals surface area contributed by atoms with Gasteiger partial charge in [0.05, 0.1) is 0 Å². The average molecular weight is 486 g/mol. The van der Waals surface area contributed by atoms with Gasteiger partial charge in [-0.15, -0.1) is 12.1 Å². The summed E-state index contributed by atoms with van der Waals surface area (Å²) in [6, 6.07) is 0.537. The fourth-order valence-corrected chi connectivity index (χ4v) is 3.17. The van der Waals surface area contributed by atoms with E-state index in [9.17, 15) is 0 Å². The molecule has 0 aromatic heterocycles. The van der Waals surface area contributed by atoms with Crippen LogP contribution in [0.15, 0.2) is 6.99 Å². The Morgan fingerprint density at radius 1 is 0.815 bits per heavy atom. The molecule has 0 aliphatic rings. The van der Waals surface area contributed by atoms with E-state index in [0.29, 0.717) is 0 Å². The summed E-state index contributed by atoms with van der Waals surface area (Å²) in [5.74, 6) is 1.42.